The van der Waals surface area contributed by atoms with Crippen LogP contribution in [0, 0.1) is 5.92 Å². The molecule has 2 saturated carbocycles. The lowest BCUT2D eigenvalue weighted by atomic mass is 9.82. The van der Waals surface area contributed by atoms with E-state index >= 15 is 0 Å². The molecule has 0 heterocycles. The summed E-state index contributed by atoms with van der Waals surface area (Å²) in [5, 5.41) is 3.32. The molecule has 0 aromatic carbocycles. The minimum Gasteiger partial charge on any atom is -0.374 e. The van der Waals surface area contributed by atoms with Crippen LogP contribution in [0.5, 0.6) is 0 Å². The van der Waals surface area contributed by atoms with Gasteiger partial charge in [-0.15, -0.1) is 0 Å². The number of hydrogen-bond acceptors (Lipinski definition) is 3. The van der Waals surface area contributed by atoms with E-state index in [9.17, 15) is 0 Å². The molecule has 3 nitrogen and oxygen atoms in total. The Balaban J connectivity index is 1.84. The third kappa shape index (κ3) is 3.06. The summed E-state index contributed by atoms with van der Waals surface area (Å²) < 4.78 is 12.2. The maximum atomic E-state index is 6.36. The molecule has 0 spiro atoms. The van der Waals surface area contributed by atoms with Gasteiger partial charge in [0, 0.05) is 12.6 Å². The highest BCUT2D eigenvalue weighted by atomic mass is 16.6. The Morgan fingerprint density at radius 2 is 1.89 bits per heavy atom. The molecular weight excluding hydrogens is 226 g/mol. The first-order valence-electron chi connectivity index (χ1n) is 7.74. The summed E-state index contributed by atoms with van der Waals surface area (Å²) in [5.41, 5.74) is 0. The van der Waals surface area contributed by atoms with Crippen molar-refractivity contribution in [2.45, 2.75) is 76.7 Å². The molecule has 18 heavy (non-hydrogen) atoms. The summed E-state index contributed by atoms with van der Waals surface area (Å²) in [6.07, 6.45) is 8.74. The molecule has 3 heteroatoms. The lowest BCUT2D eigenvalue weighted by molar-refractivity contribution is -0.180. The highest BCUT2D eigenvalue weighted by Crippen LogP contribution is 2.35. The van der Waals surface area contributed by atoms with Gasteiger partial charge in [-0.05, 0) is 39.2 Å². The Morgan fingerprint density at radius 3 is 2.56 bits per heavy atom. The molecule has 0 aromatic rings. The normalized spacial score (nSPS) is 40.5. The quantitative estimate of drug-likeness (QED) is 0.791. The number of ether oxygens (including phenoxy) is 2. The highest BCUT2D eigenvalue weighted by Gasteiger charge is 2.43. The molecule has 2 fully saturated rings. The smallest absolute Gasteiger partial charge is 0.0990 e. The zero-order valence-electron chi connectivity index (χ0n) is 12.2. The molecule has 0 saturated heterocycles. The van der Waals surface area contributed by atoms with Crippen LogP contribution in [0.1, 0.15) is 52.4 Å². The topological polar surface area (TPSA) is 30.5 Å². The first-order valence-corrected chi connectivity index (χ1v) is 7.74. The lowest BCUT2D eigenvalue weighted by Crippen LogP contribution is -2.60. The van der Waals surface area contributed by atoms with Gasteiger partial charge in [0.1, 0.15) is 0 Å². The molecule has 1 N–H and O–H groups in total. The molecule has 106 valence electrons. The van der Waals surface area contributed by atoms with E-state index in [-0.39, 0.29) is 6.10 Å². The molecule has 0 radical (unpaired) electrons. The van der Waals surface area contributed by atoms with E-state index in [0.717, 1.165) is 18.9 Å². The fourth-order valence-corrected chi connectivity index (χ4v) is 3.46. The number of rotatable bonds is 6. The fourth-order valence-electron chi connectivity index (χ4n) is 3.46. The first-order chi connectivity index (χ1) is 8.80. The number of hydrogen-bond donors (Lipinski definition) is 1. The largest absolute Gasteiger partial charge is 0.374 e. The van der Waals surface area contributed by atoms with Crippen LogP contribution in [-0.4, -0.2) is 38.0 Å². The second kappa shape index (κ2) is 6.88. The molecule has 2 rings (SSSR count). The molecule has 2 aliphatic carbocycles. The molecule has 0 aliphatic heterocycles. The Labute approximate surface area is 112 Å². The number of likely N-dealkylation sites (N-methyl/N-ethyl adjacent to an activating group) is 1. The van der Waals surface area contributed by atoms with Crippen molar-refractivity contribution < 1.29 is 9.47 Å². The van der Waals surface area contributed by atoms with E-state index in [0.29, 0.717) is 18.2 Å². The molecule has 2 aliphatic rings. The SMILES string of the molecule is CCOC1C(NC)CC1OC1CCCCC1CC. The second-order valence-electron chi connectivity index (χ2n) is 5.72. The van der Waals surface area contributed by atoms with Gasteiger partial charge in [-0.2, -0.15) is 0 Å². The predicted molar refractivity (Wildman–Crippen MR) is 73.8 cm³/mol. The van der Waals surface area contributed by atoms with Crippen LogP contribution in [0.25, 0.3) is 0 Å². The third-order valence-electron chi connectivity index (χ3n) is 4.69. The van der Waals surface area contributed by atoms with Crippen molar-refractivity contribution in [3.63, 3.8) is 0 Å². The summed E-state index contributed by atoms with van der Waals surface area (Å²) in [6, 6.07) is 0.485. The van der Waals surface area contributed by atoms with Gasteiger partial charge in [0.05, 0.1) is 18.3 Å². The first kappa shape index (κ1) is 14.3. The van der Waals surface area contributed by atoms with Crippen molar-refractivity contribution in [2.24, 2.45) is 5.92 Å². The molecule has 0 bridgehead atoms. The summed E-state index contributed by atoms with van der Waals surface area (Å²) in [5.74, 6) is 0.773. The van der Waals surface area contributed by atoms with Crippen LogP contribution < -0.4 is 5.32 Å². The van der Waals surface area contributed by atoms with Crippen LogP contribution in [0.4, 0.5) is 0 Å². The van der Waals surface area contributed by atoms with Crippen molar-refractivity contribution in [3.8, 4) is 0 Å². The van der Waals surface area contributed by atoms with Gasteiger partial charge in [0.15, 0.2) is 0 Å². The maximum Gasteiger partial charge on any atom is 0.0990 e. The van der Waals surface area contributed by atoms with Gasteiger partial charge in [-0.25, -0.2) is 0 Å². The van der Waals surface area contributed by atoms with Crippen molar-refractivity contribution >= 4 is 0 Å². The minimum atomic E-state index is 0.263. The molecular formula is C15H29NO2. The van der Waals surface area contributed by atoms with E-state index in [1.54, 1.807) is 0 Å². The van der Waals surface area contributed by atoms with E-state index in [4.69, 9.17) is 9.47 Å². The lowest BCUT2D eigenvalue weighted by Gasteiger charge is -2.46. The van der Waals surface area contributed by atoms with E-state index < -0.39 is 0 Å². The monoisotopic (exact) mass is 255 g/mol. The Hall–Kier alpha value is -0.120. The van der Waals surface area contributed by atoms with E-state index in [1.165, 1.54) is 32.1 Å². The van der Waals surface area contributed by atoms with E-state index in [1.807, 2.05) is 7.05 Å². The summed E-state index contributed by atoms with van der Waals surface area (Å²) in [6.45, 7) is 5.14. The molecule has 0 aromatic heterocycles. The van der Waals surface area contributed by atoms with Crippen LogP contribution >= 0.6 is 0 Å². The third-order valence-corrected chi connectivity index (χ3v) is 4.69. The van der Waals surface area contributed by atoms with Crippen molar-refractivity contribution in [1.82, 2.24) is 5.32 Å². The second-order valence-corrected chi connectivity index (χ2v) is 5.72. The zero-order valence-corrected chi connectivity index (χ0v) is 12.2. The van der Waals surface area contributed by atoms with Gasteiger partial charge >= 0.3 is 0 Å². The van der Waals surface area contributed by atoms with Crippen molar-refractivity contribution in [1.29, 1.82) is 0 Å². The van der Waals surface area contributed by atoms with Crippen LogP contribution in [0.3, 0.4) is 0 Å². The molecule has 5 unspecified atom stereocenters. The predicted octanol–water partition coefficient (Wildman–Crippen LogP) is 2.74. The minimum absolute atomic E-state index is 0.263. The summed E-state index contributed by atoms with van der Waals surface area (Å²) in [7, 11) is 2.02. The van der Waals surface area contributed by atoms with Gasteiger partial charge in [0.25, 0.3) is 0 Å². The van der Waals surface area contributed by atoms with Gasteiger partial charge in [-0.1, -0.05) is 26.2 Å². The van der Waals surface area contributed by atoms with Gasteiger partial charge < -0.3 is 14.8 Å². The van der Waals surface area contributed by atoms with Gasteiger partial charge in [0.2, 0.25) is 0 Å². The Bertz CT molecular complexity index is 247. The van der Waals surface area contributed by atoms with E-state index in [2.05, 4.69) is 19.2 Å². The van der Waals surface area contributed by atoms with Crippen LogP contribution in [0.2, 0.25) is 0 Å². The number of nitrogens with one attached hydrogen (secondary N) is 1. The van der Waals surface area contributed by atoms with Crippen molar-refractivity contribution in [3.05, 3.63) is 0 Å². The van der Waals surface area contributed by atoms with Crippen LogP contribution in [-0.2, 0) is 9.47 Å². The fraction of sp³-hybridized carbons (Fsp3) is 1.00. The summed E-state index contributed by atoms with van der Waals surface area (Å²) >= 11 is 0. The van der Waals surface area contributed by atoms with Crippen LogP contribution in [0.15, 0.2) is 0 Å². The molecule has 0 amide bonds. The average Bonchev–Trinajstić information content (AvgIpc) is 2.40. The zero-order chi connectivity index (χ0) is 13.0. The Kier molecular flexibility index (Phi) is 5.46. The standard InChI is InChI=1S/C15H29NO2/c1-4-11-8-6-7-9-13(11)18-14-10-12(16-3)15(14)17-5-2/h11-16H,4-10H2,1-3H3. The molecule has 5 atom stereocenters. The summed E-state index contributed by atoms with van der Waals surface area (Å²) in [4.78, 5) is 0. The Morgan fingerprint density at radius 1 is 1.11 bits per heavy atom. The van der Waals surface area contributed by atoms with Crippen molar-refractivity contribution in [2.75, 3.05) is 13.7 Å². The highest BCUT2D eigenvalue weighted by molar-refractivity contribution is 4.97. The average molecular weight is 255 g/mol. The van der Waals surface area contributed by atoms with Gasteiger partial charge in [-0.3, -0.25) is 0 Å². The maximum absolute atomic E-state index is 6.36.